The molecule has 0 atom stereocenters. The Balaban J connectivity index is 3.13. The van der Waals surface area contributed by atoms with Crippen LogP contribution in [0.1, 0.15) is 12.5 Å². The largest absolute Gasteiger partial charge is 0.494 e. The molecule has 0 aromatic heterocycles. The minimum atomic E-state index is -0.433. The van der Waals surface area contributed by atoms with Gasteiger partial charge in [0, 0.05) is 5.56 Å². The summed E-state index contributed by atoms with van der Waals surface area (Å²) in [6, 6.07) is 4.26. The maximum Gasteiger partial charge on any atom is 0.165 e. The number of hydrogen-bond acceptors (Lipinski definition) is 3. The Morgan fingerprint density at radius 1 is 1.54 bits per heavy atom. The molecule has 0 aliphatic rings. The fourth-order valence-corrected chi connectivity index (χ4v) is 0.943. The van der Waals surface area contributed by atoms with Crippen molar-refractivity contribution in [3.05, 3.63) is 29.6 Å². The number of halogens is 1. The van der Waals surface area contributed by atoms with E-state index in [0.29, 0.717) is 11.3 Å². The average Bonchev–Trinajstić information content (AvgIpc) is 2.17. The quantitative estimate of drug-likeness (QED) is 0.433. The molecule has 0 saturated heterocycles. The van der Waals surface area contributed by atoms with E-state index in [4.69, 9.17) is 9.94 Å². The van der Waals surface area contributed by atoms with Gasteiger partial charge in [0.2, 0.25) is 0 Å². The summed E-state index contributed by atoms with van der Waals surface area (Å²) < 4.78 is 17.7. The minimum Gasteiger partial charge on any atom is -0.494 e. The van der Waals surface area contributed by atoms with Crippen molar-refractivity contribution in [2.24, 2.45) is 5.16 Å². The number of nitrogens with zero attached hydrogens (tertiary/aromatic N) is 1. The lowest BCUT2D eigenvalue weighted by Gasteiger charge is -2.03. The lowest BCUT2D eigenvalue weighted by atomic mass is 10.1. The van der Waals surface area contributed by atoms with Gasteiger partial charge in [-0.1, -0.05) is 5.16 Å². The van der Waals surface area contributed by atoms with Crippen molar-refractivity contribution in [1.82, 2.24) is 0 Å². The number of ether oxygens (including phenoxy) is 1. The smallest absolute Gasteiger partial charge is 0.165 e. The molecule has 0 amide bonds. The Morgan fingerprint density at radius 2 is 2.23 bits per heavy atom. The molecule has 0 unspecified atom stereocenters. The standard InChI is InChI=1S/C9H10FNO2/c1-6(11-12)7-3-4-8(10)9(5-7)13-2/h3-5,12H,1-2H3/b11-6+. The first-order valence-corrected chi connectivity index (χ1v) is 3.71. The number of rotatable bonds is 2. The third-order valence-electron chi connectivity index (χ3n) is 1.72. The van der Waals surface area contributed by atoms with Gasteiger partial charge in [-0.2, -0.15) is 0 Å². The van der Waals surface area contributed by atoms with Crippen molar-refractivity contribution in [2.45, 2.75) is 6.92 Å². The molecule has 1 N–H and O–H groups in total. The van der Waals surface area contributed by atoms with Gasteiger partial charge >= 0.3 is 0 Å². The highest BCUT2D eigenvalue weighted by atomic mass is 19.1. The molecule has 0 fully saturated rings. The molecule has 0 heterocycles. The second-order valence-electron chi connectivity index (χ2n) is 2.53. The lowest BCUT2D eigenvalue weighted by Crippen LogP contribution is -1.96. The molecule has 13 heavy (non-hydrogen) atoms. The summed E-state index contributed by atoms with van der Waals surface area (Å²) in [6.45, 7) is 1.62. The fraction of sp³-hybridized carbons (Fsp3) is 0.222. The van der Waals surface area contributed by atoms with Crippen LogP contribution < -0.4 is 4.74 Å². The van der Waals surface area contributed by atoms with E-state index in [1.54, 1.807) is 6.92 Å². The predicted octanol–water partition coefficient (Wildman–Crippen LogP) is 2.03. The van der Waals surface area contributed by atoms with Crippen LogP contribution >= 0.6 is 0 Å². The van der Waals surface area contributed by atoms with E-state index in [-0.39, 0.29) is 5.75 Å². The van der Waals surface area contributed by atoms with E-state index < -0.39 is 5.82 Å². The second kappa shape index (κ2) is 3.89. The van der Waals surface area contributed by atoms with Crippen LogP contribution in [0.25, 0.3) is 0 Å². The summed E-state index contributed by atoms with van der Waals surface area (Å²) in [6.07, 6.45) is 0. The zero-order chi connectivity index (χ0) is 9.84. The maximum absolute atomic E-state index is 12.9. The van der Waals surface area contributed by atoms with Crippen LogP contribution in [0.5, 0.6) is 5.75 Å². The minimum absolute atomic E-state index is 0.139. The van der Waals surface area contributed by atoms with Gasteiger partial charge in [0.15, 0.2) is 11.6 Å². The Labute approximate surface area is 75.4 Å². The molecule has 0 radical (unpaired) electrons. The molecular weight excluding hydrogens is 173 g/mol. The molecule has 1 aromatic carbocycles. The van der Waals surface area contributed by atoms with E-state index >= 15 is 0 Å². The topological polar surface area (TPSA) is 41.8 Å². The van der Waals surface area contributed by atoms with Gasteiger partial charge < -0.3 is 9.94 Å². The normalized spacial score (nSPS) is 11.5. The summed E-state index contributed by atoms with van der Waals surface area (Å²) in [4.78, 5) is 0. The van der Waals surface area contributed by atoms with Gasteiger partial charge in [-0.05, 0) is 25.1 Å². The van der Waals surface area contributed by atoms with Gasteiger partial charge in [0.1, 0.15) is 0 Å². The van der Waals surface area contributed by atoms with E-state index in [1.807, 2.05) is 0 Å². The van der Waals surface area contributed by atoms with Gasteiger partial charge in [-0.3, -0.25) is 0 Å². The van der Waals surface area contributed by atoms with Crippen molar-refractivity contribution < 1.29 is 14.3 Å². The molecule has 0 bridgehead atoms. The lowest BCUT2D eigenvalue weighted by molar-refractivity contribution is 0.319. The molecule has 0 saturated carbocycles. The summed E-state index contributed by atoms with van der Waals surface area (Å²) in [5.74, 6) is -0.294. The molecule has 0 spiro atoms. The van der Waals surface area contributed by atoms with Crippen LogP contribution in [0.2, 0.25) is 0 Å². The zero-order valence-corrected chi connectivity index (χ0v) is 7.41. The van der Waals surface area contributed by atoms with Crippen LogP contribution in [-0.2, 0) is 0 Å². The van der Waals surface area contributed by atoms with Crippen molar-refractivity contribution >= 4 is 5.71 Å². The van der Waals surface area contributed by atoms with Crippen LogP contribution in [0.3, 0.4) is 0 Å². The number of oxime groups is 1. The molecular formula is C9H10FNO2. The zero-order valence-electron chi connectivity index (χ0n) is 7.41. The highest BCUT2D eigenvalue weighted by Crippen LogP contribution is 2.18. The summed E-state index contributed by atoms with van der Waals surface area (Å²) in [5.41, 5.74) is 1.04. The van der Waals surface area contributed by atoms with Crippen molar-refractivity contribution in [3.8, 4) is 5.75 Å². The van der Waals surface area contributed by atoms with Crippen molar-refractivity contribution in [2.75, 3.05) is 7.11 Å². The summed E-state index contributed by atoms with van der Waals surface area (Å²) in [7, 11) is 1.38. The van der Waals surface area contributed by atoms with Crippen molar-refractivity contribution in [3.63, 3.8) is 0 Å². The van der Waals surface area contributed by atoms with Crippen molar-refractivity contribution in [1.29, 1.82) is 0 Å². The van der Waals surface area contributed by atoms with Gasteiger partial charge in [-0.25, -0.2) is 4.39 Å². The van der Waals surface area contributed by atoms with Crippen LogP contribution in [0, 0.1) is 5.82 Å². The average molecular weight is 183 g/mol. The number of benzene rings is 1. The Kier molecular flexibility index (Phi) is 2.84. The second-order valence-corrected chi connectivity index (χ2v) is 2.53. The molecule has 0 aliphatic carbocycles. The Morgan fingerprint density at radius 3 is 2.77 bits per heavy atom. The molecule has 0 aliphatic heterocycles. The highest BCUT2D eigenvalue weighted by molar-refractivity contribution is 5.98. The third kappa shape index (κ3) is 1.96. The van der Waals surface area contributed by atoms with E-state index in [1.165, 1.54) is 25.3 Å². The third-order valence-corrected chi connectivity index (χ3v) is 1.72. The number of methoxy groups -OCH3 is 1. The van der Waals surface area contributed by atoms with E-state index in [9.17, 15) is 4.39 Å². The first-order chi connectivity index (χ1) is 6.19. The number of hydrogen-bond donors (Lipinski definition) is 1. The first kappa shape index (κ1) is 9.51. The van der Waals surface area contributed by atoms with Crippen LogP contribution in [0.4, 0.5) is 4.39 Å². The van der Waals surface area contributed by atoms with Gasteiger partial charge in [0.25, 0.3) is 0 Å². The first-order valence-electron chi connectivity index (χ1n) is 3.71. The van der Waals surface area contributed by atoms with Crippen LogP contribution in [-0.4, -0.2) is 18.0 Å². The SMILES string of the molecule is COc1cc(/C(C)=N/O)ccc1F. The summed E-state index contributed by atoms with van der Waals surface area (Å²) >= 11 is 0. The van der Waals surface area contributed by atoms with Crippen LogP contribution in [0.15, 0.2) is 23.4 Å². The molecule has 1 rings (SSSR count). The van der Waals surface area contributed by atoms with E-state index in [2.05, 4.69) is 5.16 Å². The fourth-order valence-electron chi connectivity index (χ4n) is 0.943. The van der Waals surface area contributed by atoms with Gasteiger partial charge in [0.05, 0.1) is 12.8 Å². The Hall–Kier alpha value is -1.58. The predicted molar refractivity (Wildman–Crippen MR) is 46.9 cm³/mol. The van der Waals surface area contributed by atoms with Gasteiger partial charge in [-0.15, -0.1) is 0 Å². The maximum atomic E-state index is 12.9. The monoisotopic (exact) mass is 183 g/mol. The van der Waals surface area contributed by atoms with E-state index in [0.717, 1.165) is 0 Å². The summed E-state index contributed by atoms with van der Waals surface area (Å²) in [5, 5.41) is 11.5. The molecule has 3 nitrogen and oxygen atoms in total. The molecule has 4 heteroatoms. The highest BCUT2D eigenvalue weighted by Gasteiger charge is 2.05. The Bertz CT molecular complexity index is 336. The molecule has 1 aromatic rings. The molecule has 70 valence electrons.